The summed E-state index contributed by atoms with van der Waals surface area (Å²) in [5.74, 6) is -0.767. The van der Waals surface area contributed by atoms with Crippen LogP contribution in [0.3, 0.4) is 0 Å². The fourth-order valence-electron chi connectivity index (χ4n) is 1.40. The number of methoxy groups -OCH3 is 1. The second-order valence-electron chi connectivity index (χ2n) is 3.38. The second-order valence-corrected chi connectivity index (χ2v) is 3.38. The molecular weight excluding hydrogens is 248 g/mol. The Balaban J connectivity index is 3.11. The normalized spacial score (nSPS) is 10.5. The molecule has 1 N–H and O–H groups in total. The molecule has 0 fully saturated rings. The van der Waals surface area contributed by atoms with Gasteiger partial charge in [0.2, 0.25) is 0 Å². The van der Waals surface area contributed by atoms with Gasteiger partial charge in [0.25, 0.3) is 6.43 Å². The molecule has 5 nitrogen and oxygen atoms in total. The first-order valence-corrected chi connectivity index (χ1v) is 5.23. The zero-order valence-electron chi connectivity index (χ0n) is 9.96. The Bertz CT molecular complexity index is 484. The highest BCUT2D eigenvalue weighted by molar-refractivity contribution is 5.73. The van der Waals surface area contributed by atoms with E-state index in [1.807, 2.05) is 0 Å². The molecule has 0 aliphatic rings. The van der Waals surface area contributed by atoms with Gasteiger partial charge in [0.05, 0.1) is 31.4 Å². The van der Waals surface area contributed by atoms with Crippen molar-refractivity contribution >= 4 is 5.97 Å². The first-order chi connectivity index (χ1) is 8.49. The molecule has 1 heterocycles. The van der Waals surface area contributed by atoms with E-state index in [-0.39, 0.29) is 24.5 Å². The predicted molar refractivity (Wildman–Crippen MR) is 58.9 cm³/mol. The minimum atomic E-state index is -2.82. The van der Waals surface area contributed by atoms with E-state index in [4.69, 9.17) is 4.74 Å². The van der Waals surface area contributed by atoms with Crippen molar-refractivity contribution in [3.63, 3.8) is 0 Å². The van der Waals surface area contributed by atoms with Gasteiger partial charge in [0.15, 0.2) is 11.3 Å². The monoisotopic (exact) mass is 261 g/mol. The quantitative estimate of drug-likeness (QED) is 0.814. The van der Waals surface area contributed by atoms with E-state index in [1.54, 1.807) is 6.92 Å². The molecule has 100 valence electrons. The van der Waals surface area contributed by atoms with Crippen molar-refractivity contribution in [2.75, 3.05) is 13.7 Å². The summed E-state index contributed by atoms with van der Waals surface area (Å²) in [5.41, 5.74) is -1.27. The van der Waals surface area contributed by atoms with Gasteiger partial charge in [0, 0.05) is 6.07 Å². The number of carbonyl (C=O) groups is 1. The van der Waals surface area contributed by atoms with Gasteiger partial charge >= 0.3 is 5.97 Å². The van der Waals surface area contributed by atoms with Gasteiger partial charge in [-0.05, 0) is 6.92 Å². The maximum atomic E-state index is 12.5. The Labute approximate surface area is 102 Å². The van der Waals surface area contributed by atoms with E-state index < -0.39 is 23.5 Å². The van der Waals surface area contributed by atoms with Crippen LogP contribution in [0.1, 0.15) is 24.6 Å². The van der Waals surface area contributed by atoms with Crippen LogP contribution in [0.5, 0.6) is 5.88 Å². The molecule has 0 aliphatic heterocycles. The third kappa shape index (κ3) is 3.28. The van der Waals surface area contributed by atoms with Crippen molar-refractivity contribution in [2.45, 2.75) is 19.8 Å². The number of ether oxygens (including phenoxy) is 2. The van der Waals surface area contributed by atoms with Crippen LogP contribution in [0.4, 0.5) is 8.78 Å². The molecule has 18 heavy (non-hydrogen) atoms. The molecule has 1 aromatic heterocycles. The third-order valence-corrected chi connectivity index (χ3v) is 2.18. The summed E-state index contributed by atoms with van der Waals surface area (Å²) in [7, 11) is 1.22. The van der Waals surface area contributed by atoms with E-state index in [9.17, 15) is 18.4 Å². The molecule has 0 spiro atoms. The highest BCUT2D eigenvalue weighted by Gasteiger charge is 2.18. The molecule has 0 amide bonds. The van der Waals surface area contributed by atoms with Crippen LogP contribution in [-0.4, -0.2) is 24.7 Å². The molecule has 0 aromatic carbocycles. The summed E-state index contributed by atoms with van der Waals surface area (Å²) in [4.78, 5) is 25.2. The maximum Gasteiger partial charge on any atom is 0.310 e. The maximum absolute atomic E-state index is 12.5. The number of alkyl halides is 2. The number of hydrogen-bond donors (Lipinski definition) is 1. The highest BCUT2D eigenvalue weighted by Crippen LogP contribution is 2.20. The number of hydrogen-bond acceptors (Lipinski definition) is 4. The number of esters is 1. The summed E-state index contributed by atoms with van der Waals surface area (Å²) in [5, 5.41) is 0. The minimum absolute atomic E-state index is 0.0275. The molecule has 0 bridgehead atoms. The predicted octanol–water partition coefficient (Wildman–Crippen LogP) is 1.43. The van der Waals surface area contributed by atoms with Gasteiger partial charge in [0.1, 0.15) is 0 Å². The standard InChI is InChI=1S/C11H13F2NO4/c1-3-18-9(16)4-6-8(15)5-7(10(12)13)14-11(6)17-2/h5,10H,3-4H2,1-2H3,(H,14,15). The Hall–Kier alpha value is -1.92. The Morgan fingerprint density at radius 1 is 1.50 bits per heavy atom. The molecule has 0 saturated carbocycles. The van der Waals surface area contributed by atoms with E-state index in [0.29, 0.717) is 0 Å². The van der Waals surface area contributed by atoms with Crippen LogP contribution in [-0.2, 0) is 16.0 Å². The van der Waals surface area contributed by atoms with E-state index in [2.05, 4.69) is 9.72 Å². The number of aromatic nitrogens is 1. The Morgan fingerprint density at radius 3 is 2.67 bits per heavy atom. The number of carbonyl (C=O) groups excluding carboxylic acids is 1. The number of halogens is 2. The van der Waals surface area contributed by atoms with Crippen LogP contribution >= 0.6 is 0 Å². The summed E-state index contributed by atoms with van der Waals surface area (Å²) in [6.07, 6.45) is -3.14. The van der Waals surface area contributed by atoms with Gasteiger partial charge < -0.3 is 14.5 Å². The van der Waals surface area contributed by atoms with Crippen molar-refractivity contribution < 1.29 is 23.0 Å². The lowest BCUT2D eigenvalue weighted by Gasteiger charge is -2.09. The fourth-order valence-corrected chi connectivity index (χ4v) is 1.40. The first kappa shape index (κ1) is 14.1. The number of aromatic amines is 1. The fraction of sp³-hybridized carbons (Fsp3) is 0.455. The van der Waals surface area contributed by atoms with Gasteiger partial charge in [-0.25, -0.2) is 8.78 Å². The molecule has 0 radical (unpaired) electrons. The molecular formula is C11H13F2NO4. The second kappa shape index (κ2) is 6.13. The largest absolute Gasteiger partial charge is 0.482 e. The van der Waals surface area contributed by atoms with E-state index >= 15 is 0 Å². The van der Waals surface area contributed by atoms with Gasteiger partial charge in [-0.2, -0.15) is 0 Å². The molecule has 0 unspecified atom stereocenters. The van der Waals surface area contributed by atoms with Crippen LogP contribution in [0.2, 0.25) is 0 Å². The average molecular weight is 261 g/mol. The van der Waals surface area contributed by atoms with E-state index in [0.717, 1.165) is 6.07 Å². The third-order valence-electron chi connectivity index (χ3n) is 2.18. The summed E-state index contributed by atoms with van der Waals surface area (Å²) in [6.45, 7) is 1.80. The van der Waals surface area contributed by atoms with Gasteiger partial charge in [-0.15, -0.1) is 0 Å². The van der Waals surface area contributed by atoms with Crippen LogP contribution in [0, 0.1) is 0 Å². The van der Waals surface area contributed by atoms with Gasteiger partial charge in [-0.3, -0.25) is 9.59 Å². The summed E-state index contributed by atoms with van der Waals surface area (Å²) in [6, 6.07) is 0.752. The van der Waals surface area contributed by atoms with Gasteiger partial charge in [-0.1, -0.05) is 0 Å². The highest BCUT2D eigenvalue weighted by atomic mass is 19.3. The minimum Gasteiger partial charge on any atom is -0.482 e. The Morgan fingerprint density at radius 2 is 2.17 bits per heavy atom. The summed E-state index contributed by atoms with van der Waals surface area (Å²) < 4.78 is 34.4. The average Bonchev–Trinajstić information content (AvgIpc) is 2.31. The Kier molecular flexibility index (Phi) is 4.82. The van der Waals surface area contributed by atoms with Crippen molar-refractivity contribution in [1.29, 1.82) is 0 Å². The van der Waals surface area contributed by atoms with Crippen LogP contribution < -0.4 is 10.2 Å². The van der Waals surface area contributed by atoms with Crippen molar-refractivity contribution in [3.05, 3.63) is 27.5 Å². The molecule has 0 saturated heterocycles. The lowest BCUT2D eigenvalue weighted by molar-refractivity contribution is -0.142. The molecule has 1 aromatic rings. The van der Waals surface area contributed by atoms with Crippen molar-refractivity contribution in [3.8, 4) is 5.88 Å². The SMILES string of the molecule is CCOC(=O)Cc1c(OC)[nH]c(C(F)F)cc1=O. The number of pyridine rings is 1. The molecule has 7 heteroatoms. The smallest absolute Gasteiger partial charge is 0.310 e. The van der Waals surface area contributed by atoms with Crippen LogP contribution in [0.15, 0.2) is 10.9 Å². The van der Waals surface area contributed by atoms with Crippen LogP contribution in [0.25, 0.3) is 0 Å². The molecule has 1 rings (SSSR count). The topological polar surface area (TPSA) is 68.4 Å². The summed E-state index contributed by atoms with van der Waals surface area (Å²) >= 11 is 0. The molecule has 0 aliphatic carbocycles. The lowest BCUT2D eigenvalue weighted by atomic mass is 10.1. The van der Waals surface area contributed by atoms with E-state index in [1.165, 1.54) is 7.11 Å². The molecule has 0 atom stereocenters. The lowest BCUT2D eigenvalue weighted by Crippen LogP contribution is -2.18. The first-order valence-electron chi connectivity index (χ1n) is 5.23. The zero-order valence-corrected chi connectivity index (χ0v) is 9.96. The van der Waals surface area contributed by atoms with Crippen molar-refractivity contribution in [2.24, 2.45) is 0 Å². The number of rotatable bonds is 5. The van der Waals surface area contributed by atoms with Crippen molar-refractivity contribution in [1.82, 2.24) is 4.98 Å². The number of H-pyrrole nitrogens is 1. The number of nitrogens with one attached hydrogen (secondary N) is 1. The zero-order chi connectivity index (χ0) is 13.7.